The third-order valence-electron chi connectivity index (χ3n) is 5.33. The smallest absolute Gasteiger partial charge is 0.244 e. The third-order valence-corrected chi connectivity index (χ3v) is 6.51. The molecule has 0 unspecified atom stereocenters. The van der Waals surface area contributed by atoms with Crippen LogP contribution in [0.2, 0.25) is 0 Å². The van der Waals surface area contributed by atoms with Crippen LogP contribution >= 0.6 is 0 Å². The Morgan fingerprint density at radius 1 is 1.26 bits per heavy atom. The second-order valence-corrected chi connectivity index (χ2v) is 10.2. The second kappa shape index (κ2) is 8.78. The molecule has 0 saturated carbocycles. The highest BCUT2D eigenvalue weighted by atomic mass is 32.2. The van der Waals surface area contributed by atoms with Crippen LogP contribution in [0.25, 0.3) is 0 Å². The van der Waals surface area contributed by atoms with Crippen LogP contribution in [0, 0.1) is 0 Å². The van der Waals surface area contributed by atoms with Crippen molar-refractivity contribution in [2.75, 3.05) is 17.7 Å². The van der Waals surface area contributed by atoms with E-state index in [0.717, 1.165) is 11.8 Å². The monoisotopic (exact) mass is 446 g/mol. The minimum Gasteiger partial charge on any atom is -0.497 e. The molecule has 2 aromatic rings. The highest BCUT2D eigenvalue weighted by molar-refractivity contribution is 7.92. The Bertz CT molecular complexity index is 1040. The Morgan fingerprint density at radius 3 is 2.52 bits per heavy atom. The SMILES string of the molecule is CC[C@@H](C(=O)N[C@H]1CC(C)(C)Oc2cc(OC)ccc21)N(c1ccccc1)S(C)(=O)=O. The molecule has 2 atom stereocenters. The maximum atomic E-state index is 13.4. The van der Waals surface area contributed by atoms with Crippen molar-refractivity contribution >= 4 is 21.6 Å². The molecule has 0 spiro atoms. The molecule has 0 saturated heterocycles. The van der Waals surface area contributed by atoms with Crippen LogP contribution in [0.5, 0.6) is 11.5 Å². The molecule has 1 aliphatic rings. The summed E-state index contributed by atoms with van der Waals surface area (Å²) in [5, 5.41) is 3.08. The van der Waals surface area contributed by atoms with E-state index in [1.807, 2.05) is 26.0 Å². The van der Waals surface area contributed by atoms with Crippen LogP contribution in [-0.2, 0) is 14.8 Å². The first kappa shape index (κ1) is 22.9. The first-order valence-corrected chi connectivity index (χ1v) is 12.1. The number of carbonyl (C=O) groups excluding carboxylic acids is 1. The molecule has 0 radical (unpaired) electrons. The van der Waals surface area contributed by atoms with Gasteiger partial charge in [-0.25, -0.2) is 8.42 Å². The lowest BCUT2D eigenvalue weighted by atomic mass is 9.89. The van der Waals surface area contributed by atoms with Gasteiger partial charge in [-0.15, -0.1) is 0 Å². The zero-order chi connectivity index (χ0) is 22.8. The molecule has 3 rings (SSSR count). The zero-order valence-electron chi connectivity index (χ0n) is 18.6. The van der Waals surface area contributed by atoms with Gasteiger partial charge in [-0.1, -0.05) is 25.1 Å². The molecule has 0 aromatic heterocycles. The van der Waals surface area contributed by atoms with Crippen molar-refractivity contribution in [3.05, 3.63) is 54.1 Å². The second-order valence-electron chi connectivity index (χ2n) is 8.35. The van der Waals surface area contributed by atoms with Gasteiger partial charge in [0.2, 0.25) is 15.9 Å². The quantitative estimate of drug-likeness (QED) is 0.702. The maximum Gasteiger partial charge on any atom is 0.244 e. The molecule has 0 aliphatic carbocycles. The van der Waals surface area contributed by atoms with E-state index in [2.05, 4.69) is 5.32 Å². The van der Waals surface area contributed by atoms with Crippen molar-refractivity contribution in [2.24, 2.45) is 0 Å². The number of amides is 1. The molecular weight excluding hydrogens is 416 g/mol. The van der Waals surface area contributed by atoms with E-state index in [4.69, 9.17) is 9.47 Å². The van der Waals surface area contributed by atoms with Crippen molar-refractivity contribution in [2.45, 2.75) is 51.3 Å². The largest absolute Gasteiger partial charge is 0.497 e. The Balaban J connectivity index is 1.93. The maximum absolute atomic E-state index is 13.4. The molecule has 1 aliphatic heterocycles. The lowest BCUT2D eigenvalue weighted by molar-refractivity contribution is -0.123. The lowest BCUT2D eigenvalue weighted by Gasteiger charge is -2.39. The molecule has 1 N–H and O–H groups in total. The topological polar surface area (TPSA) is 84.9 Å². The van der Waals surface area contributed by atoms with E-state index in [0.29, 0.717) is 30.0 Å². The minimum absolute atomic E-state index is 0.316. The molecule has 1 heterocycles. The number of fused-ring (bicyclic) bond motifs is 1. The summed E-state index contributed by atoms with van der Waals surface area (Å²) in [5.74, 6) is 0.971. The number of rotatable bonds is 7. The van der Waals surface area contributed by atoms with Gasteiger partial charge in [-0.3, -0.25) is 9.10 Å². The first-order valence-electron chi connectivity index (χ1n) is 10.3. The van der Waals surface area contributed by atoms with Gasteiger partial charge in [0, 0.05) is 18.1 Å². The van der Waals surface area contributed by atoms with Crippen LogP contribution in [0.15, 0.2) is 48.5 Å². The summed E-state index contributed by atoms with van der Waals surface area (Å²) in [6, 6.07) is 13.0. The van der Waals surface area contributed by atoms with Gasteiger partial charge in [0.15, 0.2) is 0 Å². The molecule has 0 bridgehead atoms. The van der Waals surface area contributed by atoms with E-state index in [1.54, 1.807) is 50.4 Å². The summed E-state index contributed by atoms with van der Waals surface area (Å²) >= 11 is 0. The van der Waals surface area contributed by atoms with E-state index in [1.165, 1.54) is 4.31 Å². The fraction of sp³-hybridized carbons (Fsp3) is 0.435. The highest BCUT2D eigenvalue weighted by Gasteiger charge is 2.38. The van der Waals surface area contributed by atoms with Gasteiger partial charge in [-0.2, -0.15) is 0 Å². The van der Waals surface area contributed by atoms with E-state index in [9.17, 15) is 13.2 Å². The number of para-hydroxylation sites is 1. The molecule has 1 amide bonds. The average Bonchev–Trinajstić information content (AvgIpc) is 2.70. The first-order chi connectivity index (χ1) is 14.6. The molecule has 168 valence electrons. The standard InChI is InChI=1S/C23H30N2O5S/c1-6-20(25(31(5,27)28)16-10-8-7-9-11-16)22(26)24-19-15-23(2,3)30-21-14-17(29-4)12-13-18(19)21/h7-14,19-20H,6,15H2,1-5H3,(H,24,26)/t19-,20-/m0/s1. The summed E-state index contributed by atoms with van der Waals surface area (Å²) in [6.07, 6.45) is 2.00. The van der Waals surface area contributed by atoms with E-state index < -0.39 is 21.7 Å². The van der Waals surface area contributed by atoms with Crippen LogP contribution < -0.4 is 19.1 Å². The Morgan fingerprint density at radius 2 is 1.94 bits per heavy atom. The van der Waals surface area contributed by atoms with E-state index >= 15 is 0 Å². The highest BCUT2D eigenvalue weighted by Crippen LogP contribution is 2.41. The van der Waals surface area contributed by atoms with Crippen molar-refractivity contribution in [3.63, 3.8) is 0 Å². The number of hydrogen-bond acceptors (Lipinski definition) is 5. The molecule has 2 aromatic carbocycles. The third kappa shape index (κ3) is 5.12. The fourth-order valence-electron chi connectivity index (χ4n) is 3.99. The molecule has 0 fully saturated rings. The van der Waals surface area contributed by atoms with E-state index in [-0.39, 0.29) is 11.9 Å². The molecule has 7 nitrogen and oxygen atoms in total. The van der Waals surface area contributed by atoms with Crippen LogP contribution in [0.1, 0.15) is 45.2 Å². The minimum atomic E-state index is -3.68. The van der Waals surface area contributed by atoms with Gasteiger partial charge >= 0.3 is 0 Å². The average molecular weight is 447 g/mol. The number of hydrogen-bond donors (Lipinski definition) is 1. The fourth-order valence-corrected chi connectivity index (χ4v) is 5.20. The number of sulfonamides is 1. The Kier molecular flexibility index (Phi) is 6.50. The number of nitrogens with zero attached hydrogens (tertiary/aromatic N) is 1. The zero-order valence-corrected chi connectivity index (χ0v) is 19.4. The normalized spacial score (nSPS) is 18.3. The van der Waals surface area contributed by atoms with Crippen molar-refractivity contribution in [1.29, 1.82) is 0 Å². The number of methoxy groups -OCH3 is 1. The summed E-state index contributed by atoms with van der Waals surface area (Å²) in [5.41, 5.74) is 0.799. The number of anilines is 1. The van der Waals surface area contributed by atoms with Gasteiger partial charge in [0.05, 0.1) is 25.1 Å². The lowest BCUT2D eigenvalue weighted by Crippen LogP contribution is -2.51. The predicted octanol–water partition coefficient (Wildman–Crippen LogP) is 3.66. The predicted molar refractivity (Wildman–Crippen MR) is 121 cm³/mol. The summed E-state index contributed by atoms with van der Waals surface area (Å²) in [6.45, 7) is 5.72. The molecule has 8 heteroatoms. The Hall–Kier alpha value is -2.74. The summed E-state index contributed by atoms with van der Waals surface area (Å²) in [7, 11) is -2.09. The van der Waals surface area contributed by atoms with Gasteiger partial charge in [-0.05, 0) is 44.5 Å². The molecular formula is C23H30N2O5S. The summed E-state index contributed by atoms with van der Waals surface area (Å²) < 4.78 is 37.8. The number of nitrogens with one attached hydrogen (secondary N) is 1. The van der Waals surface area contributed by atoms with Crippen molar-refractivity contribution in [3.8, 4) is 11.5 Å². The Labute approximate surface area is 184 Å². The van der Waals surface area contributed by atoms with Crippen molar-refractivity contribution in [1.82, 2.24) is 5.32 Å². The van der Waals surface area contributed by atoms with Crippen LogP contribution in [-0.4, -0.2) is 39.3 Å². The number of benzene rings is 2. The van der Waals surface area contributed by atoms with Gasteiger partial charge in [0.1, 0.15) is 23.1 Å². The number of ether oxygens (including phenoxy) is 2. The van der Waals surface area contributed by atoms with Gasteiger partial charge < -0.3 is 14.8 Å². The number of carbonyl (C=O) groups is 1. The van der Waals surface area contributed by atoms with Gasteiger partial charge in [0.25, 0.3) is 0 Å². The van der Waals surface area contributed by atoms with Crippen LogP contribution in [0.4, 0.5) is 5.69 Å². The van der Waals surface area contributed by atoms with Crippen LogP contribution in [0.3, 0.4) is 0 Å². The molecule has 31 heavy (non-hydrogen) atoms. The summed E-state index contributed by atoms with van der Waals surface area (Å²) in [4.78, 5) is 13.4. The van der Waals surface area contributed by atoms with Crippen molar-refractivity contribution < 1.29 is 22.7 Å².